The van der Waals surface area contributed by atoms with Crippen molar-refractivity contribution in [2.24, 2.45) is 12.2 Å². The van der Waals surface area contributed by atoms with Gasteiger partial charge in [-0.25, -0.2) is 4.79 Å². The molecule has 140 valence electrons. The van der Waals surface area contributed by atoms with Crippen LogP contribution in [0.4, 0.5) is 13.2 Å². The molecule has 2 rings (SSSR count). The van der Waals surface area contributed by atoms with Crippen molar-refractivity contribution in [1.82, 2.24) is 9.78 Å². The Morgan fingerprint density at radius 3 is 2.73 bits per heavy atom. The summed E-state index contributed by atoms with van der Waals surface area (Å²) in [6.07, 6.45) is -3.89. The highest BCUT2D eigenvalue weighted by atomic mass is 35.5. The number of hydrogen-bond donors (Lipinski definition) is 0. The van der Waals surface area contributed by atoms with Gasteiger partial charge in [0, 0.05) is 17.8 Å². The molecule has 0 amide bonds. The van der Waals surface area contributed by atoms with Gasteiger partial charge >= 0.3 is 12.1 Å². The second kappa shape index (κ2) is 8.79. The Kier molecular flexibility index (Phi) is 6.96. The van der Waals surface area contributed by atoms with Crippen LogP contribution >= 0.6 is 35.0 Å². The molecule has 0 fully saturated rings. The zero-order valence-electron chi connectivity index (χ0n) is 13.3. The average Bonchev–Trinajstić information content (AvgIpc) is 2.90. The maximum Gasteiger partial charge on any atom is 0.435 e. The van der Waals surface area contributed by atoms with Crippen LogP contribution in [0.1, 0.15) is 16.8 Å². The average molecular weight is 426 g/mol. The standard InChI is InChI=1S/C15H12Cl2F3N3O2S/c1-23-14(26-8-9-4-2-3-5-11(9)17)10(7-21-25-12(24)6-16)13(22-23)15(18,19)20/h2-5,7H,6,8H2,1H3/b21-7+. The third-order valence-corrected chi connectivity index (χ3v) is 4.87. The summed E-state index contributed by atoms with van der Waals surface area (Å²) >= 11 is 12.4. The number of carbonyl (C=O) groups excluding carboxylic acids is 1. The van der Waals surface area contributed by atoms with Gasteiger partial charge in [-0.2, -0.15) is 18.3 Å². The summed E-state index contributed by atoms with van der Waals surface area (Å²) in [5.41, 5.74) is -0.683. The van der Waals surface area contributed by atoms with Crippen molar-refractivity contribution >= 4 is 47.1 Å². The number of benzene rings is 1. The van der Waals surface area contributed by atoms with E-state index in [0.29, 0.717) is 10.8 Å². The molecule has 0 saturated carbocycles. The third-order valence-electron chi connectivity index (χ3n) is 3.07. The quantitative estimate of drug-likeness (QED) is 0.225. The normalized spacial score (nSPS) is 11.9. The van der Waals surface area contributed by atoms with Crippen molar-refractivity contribution in [3.8, 4) is 0 Å². The lowest BCUT2D eigenvalue weighted by Gasteiger charge is -2.06. The smallest absolute Gasteiger partial charge is 0.317 e. The molecule has 26 heavy (non-hydrogen) atoms. The summed E-state index contributed by atoms with van der Waals surface area (Å²) in [4.78, 5) is 15.4. The topological polar surface area (TPSA) is 56.5 Å². The van der Waals surface area contributed by atoms with Gasteiger partial charge in [-0.15, -0.1) is 23.4 Å². The monoisotopic (exact) mass is 425 g/mol. The van der Waals surface area contributed by atoms with E-state index in [-0.39, 0.29) is 10.6 Å². The number of carbonyl (C=O) groups is 1. The molecular formula is C15H12Cl2F3N3O2S. The van der Waals surface area contributed by atoms with Gasteiger partial charge in [0.2, 0.25) is 0 Å². The number of nitrogens with zero attached hydrogens (tertiary/aromatic N) is 3. The van der Waals surface area contributed by atoms with Crippen molar-refractivity contribution < 1.29 is 22.8 Å². The van der Waals surface area contributed by atoms with Gasteiger partial charge in [0.1, 0.15) is 10.9 Å². The molecule has 1 aromatic carbocycles. The first-order chi connectivity index (χ1) is 12.2. The number of halogens is 5. The van der Waals surface area contributed by atoms with Crippen LogP contribution in [0.3, 0.4) is 0 Å². The maximum atomic E-state index is 13.2. The molecule has 5 nitrogen and oxygen atoms in total. The summed E-state index contributed by atoms with van der Waals surface area (Å²) in [7, 11) is 1.38. The fourth-order valence-electron chi connectivity index (χ4n) is 1.95. The van der Waals surface area contributed by atoms with E-state index >= 15 is 0 Å². The summed E-state index contributed by atoms with van der Waals surface area (Å²) < 4.78 is 40.8. The Hall–Kier alpha value is -1.71. The van der Waals surface area contributed by atoms with Crippen LogP contribution in [0.25, 0.3) is 0 Å². The van der Waals surface area contributed by atoms with Gasteiger partial charge in [-0.3, -0.25) is 4.68 Å². The summed E-state index contributed by atoms with van der Waals surface area (Å²) in [6.45, 7) is 0. The van der Waals surface area contributed by atoms with Crippen LogP contribution in [0.15, 0.2) is 34.4 Å². The number of rotatable bonds is 6. The molecule has 0 unspecified atom stereocenters. The first-order valence-electron chi connectivity index (χ1n) is 7.03. The SMILES string of the molecule is Cn1nc(C(F)(F)F)c(/C=N/OC(=O)CCl)c1SCc1ccccc1Cl. The lowest BCUT2D eigenvalue weighted by molar-refractivity contribution is -0.141. The van der Waals surface area contributed by atoms with E-state index in [1.165, 1.54) is 7.05 Å². The highest BCUT2D eigenvalue weighted by Gasteiger charge is 2.38. The molecule has 0 saturated heterocycles. The van der Waals surface area contributed by atoms with Crippen molar-refractivity contribution in [3.63, 3.8) is 0 Å². The fraction of sp³-hybridized carbons (Fsp3) is 0.267. The highest BCUT2D eigenvalue weighted by Crippen LogP contribution is 2.36. The molecule has 0 radical (unpaired) electrons. The van der Waals surface area contributed by atoms with Gasteiger partial charge in [-0.05, 0) is 11.6 Å². The van der Waals surface area contributed by atoms with Crippen LogP contribution in [0.5, 0.6) is 0 Å². The van der Waals surface area contributed by atoms with Crippen molar-refractivity contribution in [3.05, 3.63) is 46.1 Å². The van der Waals surface area contributed by atoms with Crippen molar-refractivity contribution in [1.29, 1.82) is 0 Å². The first-order valence-corrected chi connectivity index (χ1v) is 8.93. The van der Waals surface area contributed by atoms with E-state index in [1.54, 1.807) is 24.3 Å². The molecule has 0 aliphatic carbocycles. The highest BCUT2D eigenvalue weighted by molar-refractivity contribution is 7.98. The van der Waals surface area contributed by atoms with Crippen molar-refractivity contribution in [2.45, 2.75) is 17.0 Å². The second-order valence-corrected chi connectivity index (χ2v) is 6.54. The molecule has 11 heteroatoms. The zero-order chi connectivity index (χ0) is 19.3. The molecule has 0 aliphatic heterocycles. The van der Waals surface area contributed by atoms with Gasteiger partial charge in [0.05, 0.1) is 11.8 Å². The van der Waals surface area contributed by atoms with Gasteiger partial charge in [0.15, 0.2) is 5.69 Å². The van der Waals surface area contributed by atoms with Crippen LogP contribution < -0.4 is 0 Å². The van der Waals surface area contributed by atoms with E-state index in [9.17, 15) is 18.0 Å². The Morgan fingerprint density at radius 2 is 2.12 bits per heavy atom. The van der Waals surface area contributed by atoms with Gasteiger partial charge < -0.3 is 4.84 Å². The molecule has 0 atom stereocenters. The minimum atomic E-state index is -4.70. The van der Waals surface area contributed by atoms with E-state index < -0.39 is 23.7 Å². The van der Waals surface area contributed by atoms with E-state index in [0.717, 1.165) is 28.2 Å². The molecular weight excluding hydrogens is 414 g/mol. The predicted octanol–water partition coefficient (Wildman–Crippen LogP) is 4.50. The number of alkyl halides is 4. The molecule has 0 bridgehead atoms. The Balaban J connectivity index is 2.33. The zero-order valence-corrected chi connectivity index (χ0v) is 15.6. The molecule has 2 aromatic rings. The lowest BCUT2D eigenvalue weighted by Crippen LogP contribution is -2.09. The summed E-state index contributed by atoms with van der Waals surface area (Å²) in [5, 5.41) is 7.50. The summed E-state index contributed by atoms with van der Waals surface area (Å²) in [6, 6.07) is 6.99. The minimum absolute atomic E-state index is 0.197. The third kappa shape index (κ3) is 5.15. The van der Waals surface area contributed by atoms with Gasteiger partial charge in [0.25, 0.3) is 0 Å². The fourth-order valence-corrected chi connectivity index (χ4v) is 3.35. The lowest BCUT2D eigenvalue weighted by atomic mass is 10.2. The number of hydrogen-bond acceptors (Lipinski definition) is 5. The van der Waals surface area contributed by atoms with E-state index in [4.69, 9.17) is 23.2 Å². The predicted molar refractivity (Wildman–Crippen MR) is 93.6 cm³/mol. The largest absolute Gasteiger partial charge is 0.435 e. The molecule has 0 aliphatic rings. The molecule has 1 heterocycles. The maximum absolute atomic E-state index is 13.2. The molecule has 0 N–H and O–H groups in total. The van der Waals surface area contributed by atoms with Crippen LogP contribution in [-0.2, 0) is 28.6 Å². The van der Waals surface area contributed by atoms with Crippen LogP contribution in [0, 0.1) is 0 Å². The van der Waals surface area contributed by atoms with Crippen molar-refractivity contribution in [2.75, 3.05) is 5.88 Å². The van der Waals surface area contributed by atoms with Crippen LogP contribution in [-0.4, -0.2) is 27.8 Å². The van der Waals surface area contributed by atoms with E-state index in [1.807, 2.05) is 0 Å². The molecule has 0 spiro atoms. The van der Waals surface area contributed by atoms with Crippen LogP contribution in [0.2, 0.25) is 5.02 Å². The summed E-state index contributed by atoms with van der Waals surface area (Å²) in [5.74, 6) is -1.03. The Morgan fingerprint density at radius 1 is 1.42 bits per heavy atom. The molecule has 1 aromatic heterocycles. The van der Waals surface area contributed by atoms with Gasteiger partial charge in [-0.1, -0.05) is 35.0 Å². The number of aryl methyl sites for hydroxylation is 1. The number of oxime groups is 1. The minimum Gasteiger partial charge on any atom is -0.317 e. The number of thioether (sulfide) groups is 1. The Labute approximate surface area is 161 Å². The Bertz CT molecular complexity index is 825. The number of aromatic nitrogens is 2. The van der Waals surface area contributed by atoms with E-state index in [2.05, 4.69) is 15.1 Å². The second-order valence-electron chi connectivity index (χ2n) is 4.90. The first kappa shape index (κ1) is 20.6.